The zero-order valence-corrected chi connectivity index (χ0v) is 17.8. The summed E-state index contributed by atoms with van der Waals surface area (Å²) in [5.41, 5.74) is -0.525. The van der Waals surface area contributed by atoms with Crippen LogP contribution in [0.15, 0.2) is 73.3 Å². The Morgan fingerprint density at radius 3 is 2.43 bits per heavy atom. The van der Waals surface area contributed by atoms with Crippen LogP contribution in [-0.4, -0.2) is 23.7 Å². The Morgan fingerprint density at radius 2 is 1.86 bits per heavy atom. The quantitative estimate of drug-likeness (QED) is 0.464. The summed E-state index contributed by atoms with van der Waals surface area (Å²) < 4.78 is 16.5. The van der Waals surface area contributed by atoms with Gasteiger partial charge in [-0.15, -0.1) is 0 Å². The second kappa shape index (κ2) is 8.41. The lowest BCUT2D eigenvalue weighted by Crippen LogP contribution is -2.51. The van der Waals surface area contributed by atoms with Crippen molar-refractivity contribution < 1.29 is 4.39 Å². The Morgan fingerprint density at radius 1 is 1.21 bits per heavy atom. The summed E-state index contributed by atoms with van der Waals surface area (Å²) >= 11 is 12.6. The molecule has 4 heteroatoms. The molecule has 0 aliphatic carbocycles. The van der Waals surface area contributed by atoms with Crippen LogP contribution in [-0.2, 0) is 12.0 Å². The van der Waals surface area contributed by atoms with Crippen LogP contribution in [0, 0.1) is 5.92 Å². The maximum atomic E-state index is 16.5. The number of halogens is 3. The molecule has 1 aliphatic heterocycles. The minimum absolute atomic E-state index is 0.0324. The summed E-state index contributed by atoms with van der Waals surface area (Å²) in [6.07, 6.45) is 4.78. The number of hydrogen-bond acceptors (Lipinski definition) is 1. The third kappa shape index (κ3) is 3.78. The molecule has 0 radical (unpaired) electrons. The molecule has 3 rings (SSSR count). The van der Waals surface area contributed by atoms with Gasteiger partial charge in [-0.25, -0.2) is 4.39 Å². The van der Waals surface area contributed by atoms with E-state index in [9.17, 15) is 0 Å². The SMILES string of the molecule is C=CC(F)(C=CC)C1(c2cc(Cl)cc(Cl)c2)CN(Cc2ccccc2)CC1C. The highest BCUT2D eigenvalue weighted by Crippen LogP contribution is 2.51. The van der Waals surface area contributed by atoms with Crippen LogP contribution in [0.2, 0.25) is 10.0 Å². The molecule has 0 saturated carbocycles. The molecule has 0 aromatic heterocycles. The van der Waals surface area contributed by atoms with Crippen LogP contribution in [0.25, 0.3) is 0 Å². The summed E-state index contributed by atoms with van der Waals surface area (Å²) in [5, 5.41) is 1.03. The van der Waals surface area contributed by atoms with E-state index in [-0.39, 0.29) is 5.92 Å². The fourth-order valence-corrected chi connectivity index (χ4v) is 5.15. The molecule has 3 atom stereocenters. The molecule has 3 unspecified atom stereocenters. The number of hydrogen-bond donors (Lipinski definition) is 0. The molecular formula is C24H26Cl2FN. The van der Waals surface area contributed by atoms with Gasteiger partial charge in [-0.2, -0.15) is 0 Å². The number of benzene rings is 2. The van der Waals surface area contributed by atoms with Crippen LogP contribution in [0.4, 0.5) is 4.39 Å². The van der Waals surface area contributed by atoms with Gasteiger partial charge in [-0.3, -0.25) is 4.90 Å². The van der Waals surface area contributed by atoms with Crippen molar-refractivity contribution >= 4 is 23.2 Å². The number of likely N-dealkylation sites (tertiary alicyclic amines) is 1. The number of rotatable bonds is 6. The Bertz CT molecular complexity index is 846. The summed E-state index contributed by atoms with van der Waals surface area (Å²) in [7, 11) is 0. The van der Waals surface area contributed by atoms with Crippen LogP contribution < -0.4 is 0 Å². The maximum absolute atomic E-state index is 16.5. The van der Waals surface area contributed by atoms with Gasteiger partial charge in [-0.05, 0) is 54.3 Å². The number of nitrogens with zero attached hydrogens (tertiary/aromatic N) is 1. The van der Waals surface area contributed by atoms with Crippen molar-refractivity contribution in [3.05, 3.63) is 94.5 Å². The smallest absolute Gasteiger partial charge is 0.158 e. The van der Waals surface area contributed by atoms with Crippen LogP contribution >= 0.6 is 23.2 Å². The Kier molecular flexibility index (Phi) is 6.34. The minimum atomic E-state index is -1.72. The molecule has 1 fully saturated rings. The standard InChI is InChI=1S/C24H26Cl2FN/c1-4-11-23(27,5-2)24(20-12-21(25)14-22(26)13-20)17-28(15-18(24)3)16-19-9-7-6-8-10-19/h4-14,18H,2,15-17H2,1,3H3. The lowest BCUT2D eigenvalue weighted by atomic mass is 9.62. The van der Waals surface area contributed by atoms with Gasteiger partial charge in [-0.1, -0.05) is 73.1 Å². The van der Waals surface area contributed by atoms with Crippen LogP contribution in [0.3, 0.4) is 0 Å². The average molecular weight is 418 g/mol. The van der Waals surface area contributed by atoms with Gasteiger partial charge in [0.1, 0.15) is 0 Å². The molecule has 0 spiro atoms. The highest BCUT2D eigenvalue weighted by atomic mass is 35.5. The third-order valence-electron chi connectivity index (χ3n) is 5.86. The zero-order valence-electron chi connectivity index (χ0n) is 16.3. The fraction of sp³-hybridized carbons (Fsp3) is 0.333. The van der Waals surface area contributed by atoms with Gasteiger partial charge in [0.05, 0.1) is 5.41 Å². The van der Waals surface area contributed by atoms with Crippen molar-refractivity contribution in [1.82, 2.24) is 4.90 Å². The molecule has 148 valence electrons. The first-order valence-electron chi connectivity index (χ1n) is 9.54. The number of allylic oxidation sites excluding steroid dienone is 3. The highest BCUT2D eigenvalue weighted by molar-refractivity contribution is 6.34. The van der Waals surface area contributed by atoms with E-state index in [0.717, 1.165) is 18.7 Å². The lowest BCUT2D eigenvalue weighted by Gasteiger charge is -2.43. The van der Waals surface area contributed by atoms with E-state index in [1.54, 1.807) is 18.2 Å². The molecule has 0 N–H and O–H groups in total. The van der Waals surface area contributed by atoms with Crippen molar-refractivity contribution in [2.75, 3.05) is 13.1 Å². The van der Waals surface area contributed by atoms with Gasteiger partial charge in [0.2, 0.25) is 0 Å². The topological polar surface area (TPSA) is 3.24 Å². The molecular weight excluding hydrogens is 392 g/mol. The molecule has 1 saturated heterocycles. The van der Waals surface area contributed by atoms with Gasteiger partial charge < -0.3 is 0 Å². The zero-order chi connectivity index (χ0) is 20.4. The first-order valence-corrected chi connectivity index (χ1v) is 10.3. The normalized spacial score (nSPS) is 25.1. The van der Waals surface area contributed by atoms with Crippen molar-refractivity contribution in [2.45, 2.75) is 31.5 Å². The van der Waals surface area contributed by atoms with E-state index in [1.165, 1.54) is 11.6 Å². The Balaban J connectivity index is 2.10. The second-order valence-corrected chi connectivity index (χ2v) is 8.53. The van der Waals surface area contributed by atoms with E-state index < -0.39 is 11.1 Å². The van der Waals surface area contributed by atoms with Crippen molar-refractivity contribution in [3.8, 4) is 0 Å². The average Bonchev–Trinajstić information content (AvgIpc) is 2.99. The maximum Gasteiger partial charge on any atom is 0.158 e. The molecule has 0 amide bonds. The fourth-order valence-electron chi connectivity index (χ4n) is 4.63. The van der Waals surface area contributed by atoms with Crippen LogP contribution in [0.1, 0.15) is 25.0 Å². The summed E-state index contributed by atoms with van der Waals surface area (Å²) in [4.78, 5) is 2.30. The molecule has 1 aliphatic rings. The summed E-state index contributed by atoms with van der Waals surface area (Å²) in [6, 6.07) is 15.6. The van der Waals surface area contributed by atoms with Crippen molar-refractivity contribution in [3.63, 3.8) is 0 Å². The predicted octanol–water partition coefficient (Wildman–Crippen LogP) is 6.85. The van der Waals surface area contributed by atoms with E-state index in [0.29, 0.717) is 16.6 Å². The minimum Gasteiger partial charge on any atom is -0.298 e. The summed E-state index contributed by atoms with van der Waals surface area (Å²) in [6.45, 7) is 9.86. The third-order valence-corrected chi connectivity index (χ3v) is 6.30. The van der Waals surface area contributed by atoms with Gasteiger partial charge in [0, 0.05) is 29.7 Å². The molecule has 28 heavy (non-hydrogen) atoms. The van der Waals surface area contributed by atoms with E-state index in [2.05, 4.69) is 30.5 Å². The molecule has 1 nitrogen and oxygen atoms in total. The molecule has 2 aromatic carbocycles. The first kappa shape index (κ1) is 21.1. The Labute approximate surface area is 177 Å². The van der Waals surface area contributed by atoms with Crippen LogP contribution in [0.5, 0.6) is 0 Å². The lowest BCUT2D eigenvalue weighted by molar-refractivity contribution is 0.124. The van der Waals surface area contributed by atoms with Crippen molar-refractivity contribution in [1.29, 1.82) is 0 Å². The van der Waals surface area contributed by atoms with Gasteiger partial charge in [0.15, 0.2) is 5.67 Å². The first-order chi connectivity index (χ1) is 13.3. The number of alkyl halides is 1. The van der Waals surface area contributed by atoms with Gasteiger partial charge in [0.25, 0.3) is 0 Å². The molecule has 0 bridgehead atoms. The van der Waals surface area contributed by atoms with Crippen molar-refractivity contribution in [2.24, 2.45) is 5.92 Å². The Hall–Kier alpha value is -1.61. The largest absolute Gasteiger partial charge is 0.298 e. The van der Waals surface area contributed by atoms with E-state index in [4.69, 9.17) is 23.2 Å². The highest BCUT2D eigenvalue weighted by Gasteiger charge is 2.57. The summed E-state index contributed by atoms with van der Waals surface area (Å²) in [5.74, 6) is 0.0324. The van der Waals surface area contributed by atoms with Gasteiger partial charge >= 0.3 is 0 Å². The molecule has 2 aromatic rings. The second-order valence-electron chi connectivity index (χ2n) is 7.66. The van der Waals surface area contributed by atoms with E-state index >= 15 is 4.39 Å². The molecule has 1 heterocycles. The monoisotopic (exact) mass is 417 g/mol. The van der Waals surface area contributed by atoms with E-state index in [1.807, 2.05) is 37.3 Å². The predicted molar refractivity (Wildman–Crippen MR) is 118 cm³/mol.